The number of ether oxygens (including phenoxy) is 1. The molecule has 1 aliphatic rings. The number of nitrogens with zero attached hydrogens (tertiary/aromatic N) is 4. The van der Waals surface area contributed by atoms with E-state index in [2.05, 4.69) is 22.2 Å². The average Bonchev–Trinajstić information content (AvgIpc) is 3.04. The number of hydrogen-bond donors (Lipinski definition) is 1. The van der Waals surface area contributed by atoms with Crippen LogP contribution in [0.1, 0.15) is 29.9 Å². The summed E-state index contributed by atoms with van der Waals surface area (Å²) >= 11 is 0. The maximum Gasteiger partial charge on any atom is 0.410 e. The standard InChI is InChI=1S/C21H22N4O4/c22-24-23-11-5-6-12-25(13-20(26)27)21(28)29-14-19-17-9-3-1-7-15(17)16-8-2-4-10-18(16)19/h1-4,7-10,19H,5-6,11-14H2,(H,26,27). The number of amides is 1. The molecule has 2 aromatic rings. The van der Waals surface area contributed by atoms with Crippen LogP contribution < -0.4 is 0 Å². The van der Waals surface area contributed by atoms with E-state index in [4.69, 9.17) is 15.4 Å². The summed E-state index contributed by atoms with van der Waals surface area (Å²) in [5.74, 6) is -1.18. The third kappa shape index (κ3) is 4.86. The van der Waals surface area contributed by atoms with Crippen molar-refractivity contribution < 1.29 is 19.4 Å². The highest BCUT2D eigenvalue weighted by atomic mass is 16.6. The van der Waals surface area contributed by atoms with Gasteiger partial charge in [0.2, 0.25) is 0 Å². The molecule has 2 aromatic carbocycles. The number of rotatable bonds is 9. The van der Waals surface area contributed by atoms with Gasteiger partial charge in [-0.1, -0.05) is 53.6 Å². The van der Waals surface area contributed by atoms with Gasteiger partial charge in [-0.05, 0) is 40.6 Å². The Morgan fingerprint density at radius 3 is 2.28 bits per heavy atom. The average molecular weight is 394 g/mol. The van der Waals surface area contributed by atoms with Crippen molar-refractivity contribution in [3.63, 3.8) is 0 Å². The smallest absolute Gasteiger partial charge is 0.410 e. The number of azide groups is 1. The minimum atomic E-state index is -1.10. The van der Waals surface area contributed by atoms with Crippen molar-refractivity contribution >= 4 is 12.1 Å². The van der Waals surface area contributed by atoms with Crippen LogP contribution in [0.25, 0.3) is 21.6 Å². The third-order valence-corrected chi connectivity index (χ3v) is 4.92. The van der Waals surface area contributed by atoms with Gasteiger partial charge in [0.15, 0.2) is 0 Å². The van der Waals surface area contributed by atoms with Crippen LogP contribution in [-0.2, 0) is 9.53 Å². The van der Waals surface area contributed by atoms with Crippen molar-refractivity contribution in [2.24, 2.45) is 5.11 Å². The number of aliphatic carboxylic acids is 1. The number of carbonyl (C=O) groups excluding carboxylic acids is 1. The Bertz CT molecular complexity index is 894. The van der Waals surface area contributed by atoms with E-state index in [1.807, 2.05) is 36.4 Å². The van der Waals surface area contributed by atoms with Gasteiger partial charge < -0.3 is 9.84 Å². The molecule has 8 heteroatoms. The van der Waals surface area contributed by atoms with Crippen molar-refractivity contribution in [2.45, 2.75) is 18.8 Å². The predicted molar refractivity (Wildman–Crippen MR) is 108 cm³/mol. The number of fused-ring (bicyclic) bond motifs is 3. The molecule has 1 N–H and O–H groups in total. The van der Waals surface area contributed by atoms with Gasteiger partial charge in [0.05, 0.1) is 0 Å². The largest absolute Gasteiger partial charge is 0.480 e. The lowest BCUT2D eigenvalue weighted by Gasteiger charge is -2.22. The van der Waals surface area contributed by atoms with Crippen LogP contribution in [0.3, 0.4) is 0 Å². The highest BCUT2D eigenvalue weighted by Crippen LogP contribution is 2.44. The Labute approximate surface area is 168 Å². The van der Waals surface area contributed by atoms with Crippen LogP contribution >= 0.6 is 0 Å². The normalized spacial score (nSPS) is 11.9. The number of carboxylic acid groups (broad SMARTS) is 1. The second kappa shape index (κ2) is 9.61. The van der Waals surface area contributed by atoms with Crippen LogP contribution in [-0.4, -0.2) is 48.3 Å². The molecule has 0 radical (unpaired) electrons. The molecule has 0 atom stereocenters. The van der Waals surface area contributed by atoms with Gasteiger partial charge in [-0.25, -0.2) is 4.79 Å². The first-order chi connectivity index (χ1) is 14.1. The van der Waals surface area contributed by atoms with Crippen molar-refractivity contribution in [1.29, 1.82) is 0 Å². The number of carboxylic acids is 1. The zero-order valence-corrected chi connectivity index (χ0v) is 15.9. The topological polar surface area (TPSA) is 116 Å². The number of unbranched alkanes of at least 4 members (excludes halogenated alkanes) is 1. The van der Waals surface area contributed by atoms with E-state index < -0.39 is 18.6 Å². The third-order valence-electron chi connectivity index (χ3n) is 4.92. The molecule has 8 nitrogen and oxygen atoms in total. The molecule has 29 heavy (non-hydrogen) atoms. The summed E-state index contributed by atoms with van der Waals surface area (Å²) < 4.78 is 5.52. The van der Waals surface area contributed by atoms with Gasteiger partial charge >= 0.3 is 12.1 Å². The first-order valence-electron chi connectivity index (χ1n) is 9.44. The van der Waals surface area contributed by atoms with Crippen LogP contribution in [0.15, 0.2) is 53.6 Å². The van der Waals surface area contributed by atoms with E-state index in [-0.39, 0.29) is 19.1 Å². The molecule has 0 fully saturated rings. The minimum Gasteiger partial charge on any atom is -0.480 e. The van der Waals surface area contributed by atoms with Crippen LogP contribution in [0.4, 0.5) is 4.79 Å². The van der Waals surface area contributed by atoms with Gasteiger partial charge in [-0.15, -0.1) is 0 Å². The van der Waals surface area contributed by atoms with Crippen LogP contribution in [0.2, 0.25) is 0 Å². The van der Waals surface area contributed by atoms with E-state index in [0.717, 1.165) is 22.3 Å². The number of carbonyl (C=O) groups is 2. The summed E-state index contributed by atoms with van der Waals surface area (Å²) in [5.41, 5.74) is 12.7. The second-order valence-electron chi connectivity index (χ2n) is 6.78. The van der Waals surface area contributed by atoms with Crippen molar-refractivity contribution in [3.05, 3.63) is 70.1 Å². The highest BCUT2D eigenvalue weighted by molar-refractivity contribution is 5.79. The Balaban J connectivity index is 1.66. The Morgan fingerprint density at radius 1 is 1.07 bits per heavy atom. The molecule has 0 heterocycles. The summed E-state index contributed by atoms with van der Waals surface area (Å²) in [6.45, 7) is 0.242. The van der Waals surface area contributed by atoms with Gasteiger partial charge in [0.25, 0.3) is 0 Å². The molecule has 150 valence electrons. The summed E-state index contributed by atoms with van der Waals surface area (Å²) in [5, 5.41) is 12.5. The fourth-order valence-corrected chi connectivity index (χ4v) is 3.61. The zero-order valence-electron chi connectivity index (χ0n) is 15.9. The summed E-state index contributed by atoms with van der Waals surface area (Å²) in [7, 11) is 0. The second-order valence-corrected chi connectivity index (χ2v) is 6.78. The van der Waals surface area contributed by atoms with E-state index in [1.54, 1.807) is 0 Å². The van der Waals surface area contributed by atoms with Crippen molar-refractivity contribution in [3.8, 4) is 11.1 Å². The van der Waals surface area contributed by atoms with Crippen molar-refractivity contribution in [1.82, 2.24) is 4.90 Å². The molecule has 0 saturated heterocycles. The molecular weight excluding hydrogens is 372 g/mol. The van der Waals surface area contributed by atoms with E-state index >= 15 is 0 Å². The van der Waals surface area contributed by atoms with Gasteiger partial charge in [-0.2, -0.15) is 0 Å². The molecule has 1 amide bonds. The molecule has 3 rings (SSSR count). The fourth-order valence-electron chi connectivity index (χ4n) is 3.61. The Kier molecular flexibility index (Phi) is 6.71. The molecule has 0 bridgehead atoms. The molecular formula is C21H22N4O4. The predicted octanol–water partition coefficient (Wildman–Crippen LogP) is 4.41. The van der Waals surface area contributed by atoms with E-state index in [9.17, 15) is 9.59 Å². The van der Waals surface area contributed by atoms with Gasteiger partial charge in [-0.3, -0.25) is 9.69 Å². The molecule has 0 unspecified atom stereocenters. The summed E-state index contributed by atoms with van der Waals surface area (Å²) in [6.07, 6.45) is 0.436. The van der Waals surface area contributed by atoms with Crippen LogP contribution in [0, 0.1) is 0 Å². The van der Waals surface area contributed by atoms with Crippen LogP contribution in [0.5, 0.6) is 0 Å². The lowest BCUT2D eigenvalue weighted by Crippen LogP contribution is -2.37. The van der Waals surface area contributed by atoms with E-state index in [1.165, 1.54) is 4.90 Å². The number of benzene rings is 2. The molecule has 0 aromatic heterocycles. The lowest BCUT2D eigenvalue weighted by molar-refractivity contribution is -0.138. The lowest BCUT2D eigenvalue weighted by atomic mass is 9.98. The quantitative estimate of drug-likeness (QED) is 0.293. The molecule has 0 spiro atoms. The first-order valence-corrected chi connectivity index (χ1v) is 9.44. The number of hydrogen-bond acceptors (Lipinski definition) is 4. The first kappa shape index (κ1) is 20.2. The van der Waals surface area contributed by atoms with Gasteiger partial charge in [0.1, 0.15) is 13.2 Å². The maximum atomic E-state index is 12.5. The zero-order chi connectivity index (χ0) is 20.6. The Hall–Kier alpha value is -3.51. The maximum absolute atomic E-state index is 12.5. The summed E-state index contributed by atoms with van der Waals surface area (Å²) in [6, 6.07) is 16.0. The molecule has 0 saturated carbocycles. The Morgan fingerprint density at radius 2 is 1.69 bits per heavy atom. The monoisotopic (exact) mass is 394 g/mol. The molecule has 1 aliphatic carbocycles. The van der Waals surface area contributed by atoms with Crippen molar-refractivity contribution in [2.75, 3.05) is 26.2 Å². The summed E-state index contributed by atoms with van der Waals surface area (Å²) in [4.78, 5) is 27.5. The minimum absolute atomic E-state index is 0.0806. The van der Waals surface area contributed by atoms with Gasteiger partial charge in [0, 0.05) is 23.9 Å². The SMILES string of the molecule is [N-]=[N+]=NCCCCN(CC(=O)O)C(=O)OCC1c2ccccc2-c2ccccc21. The fraction of sp³-hybridized carbons (Fsp3) is 0.333. The highest BCUT2D eigenvalue weighted by Gasteiger charge is 2.29. The van der Waals surface area contributed by atoms with E-state index in [0.29, 0.717) is 19.4 Å². The molecule has 0 aliphatic heterocycles.